The van der Waals surface area contributed by atoms with Crippen LogP contribution >= 0.6 is 0 Å². The van der Waals surface area contributed by atoms with Crippen LogP contribution in [0.5, 0.6) is 0 Å². The van der Waals surface area contributed by atoms with Crippen LogP contribution in [0.25, 0.3) is 11.0 Å². The minimum Gasteiger partial charge on any atom is -0.350 e. The van der Waals surface area contributed by atoms with Crippen molar-refractivity contribution in [2.45, 2.75) is 37.1 Å². The van der Waals surface area contributed by atoms with Gasteiger partial charge in [0.05, 0.1) is 15.9 Å². The molecule has 1 heterocycles. The van der Waals surface area contributed by atoms with Gasteiger partial charge in [0.2, 0.25) is 15.9 Å². The molecule has 2 aromatic rings. The van der Waals surface area contributed by atoms with Gasteiger partial charge in [-0.05, 0) is 32.0 Å². The fraction of sp³-hybridized carbons (Fsp3) is 0.529. The van der Waals surface area contributed by atoms with E-state index in [9.17, 15) is 13.2 Å². The number of fused-ring (bicyclic) bond motifs is 1. The molecule has 0 saturated heterocycles. The first-order valence-electron chi connectivity index (χ1n) is 8.37. The van der Waals surface area contributed by atoms with Gasteiger partial charge in [-0.3, -0.25) is 4.79 Å². The highest BCUT2D eigenvalue weighted by Crippen LogP contribution is 2.21. The van der Waals surface area contributed by atoms with E-state index in [4.69, 9.17) is 5.73 Å². The summed E-state index contributed by atoms with van der Waals surface area (Å²) < 4.78 is 27.6. The zero-order chi connectivity index (χ0) is 19.7. The Hall–Kier alpha value is -1.97. The van der Waals surface area contributed by atoms with Crippen molar-refractivity contribution < 1.29 is 13.2 Å². The van der Waals surface area contributed by atoms with Crippen LogP contribution in [0.4, 0.5) is 0 Å². The van der Waals surface area contributed by atoms with Crippen LogP contribution in [0.2, 0.25) is 0 Å². The van der Waals surface area contributed by atoms with E-state index in [0.29, 0.717) is 18.5 Å². The Bertz CT molecular complexity index is 916. The second kappa shape index (κ2) is 7.34. The van der Waals surface area contributed by atoms with E-state index in [1.807, 2.05) is 25.5 Å². The number of rotatable bonds is 7. The molecule has 144 valence electrons. The first kappa shape index (κ1) is 20.3. The summed E-state index contributed by atoms with van der Waals surface area (Å²) >= 11 is 0. The third kappa shape index (κ3) is 4.22. The summed E-state index contributed by atoms with van der Waals surface area (Å²) in [6, 6.07) is 4.87. The summed E-state index contributed by atoms with van der Waals surface area (Å²) in [5, 5.41) is 2.89. The first-order chi connectivity index (χ1) is 12.0. The second-order valence-electron chi connectivity index (χ2n) is 7.16. The molecule has 0 aliphatic rings. The Balaban J connectivity index is 2.22. The van der Waals surface area contributed by atoms with Crippen molar-refractivity contribution in [2.24, 2.45) is 12.8 Å². The maximum Gasteiger partial charge on any atom is 0.242 e. The van der Waals surface area contributed by atoms with Gasteiger partial charge in [0, 0.05) is 46.1 Å². The molecular weight excluding hydrogens is 354 g/mol. The van der Waals surface area contributed by atoms with Crippen LogP contribution in [-0.2, 0) is 28.3 Å². The summed E-state index contributed by atoms with van der Waals surface area (Å²) in [6.45, 7) is 4.09. The number of carbonyl (C=O) groups is 1. The Kier molecular flexibility index (Phi) is 5.74. The molecule has 0 atom stereocenters. The van der Waals surface area contributed by atoms with Gasteiger partial charge in [0.25, 0.3) is 0 Å². The predicted molar refractivity (Wildman–Crippen MR) is 101 cm³/mol. The predicted octanol–water partition coefficient (Wildman–Crippen LogP) is 0.610. The standard InChI is InChI=1S/C17H27N5O3S/c1-17(2,11-18)20-16(23)9-8-15-19-13-10-12(26(24,25)21(3)4)6-7-14(13)22(15)5/h6-7,10H,8-9,11,18H2,1-5H3,(H,20,23). The number of sulfonamides is 1. The lowest BCUT2D eigenvalue weighted by Gasteiger charge is -2.24. The number of nitrogens with zero attached hydrogens (tertiary/aromatic N) is 3. The zero-order valence-electron chi connectivity index (χ0n) is 15.9. The molecule has 8 nitrogen and oxygen atoms in total. The Labute approximate surface area is 154 Å². The number of hydrogen-bond donors (Lipinski definition) is 2. The summed E-state index contributed by atoms with van der Waals surface area (Å²) in [5.41, 5.74) is 6.59. The fourth-order valence-corrected chi connectivity index (χ4v) is 3.46. The third-order valence-electron chi connectivity index (χ3n) is 4.29. The molecule has 0 fully saturated rings. The SMILES string of the molecule is CN(C)S(=O)(=O)c1ccc2c(c1)nc(CCC(=O)NC(C)(C)CN)n2C. The minimum absolute atomic E-state index is 0.0941. The van der Waals surface area contributed by atoms with Gasteiger partial charge >= 0.3 is 0 Å². The smallest absolute Gasteiger partial charge is 0.242 e. The third-order valence-corrected chi connectivity index (χ3v) is 6.10. The molecule has 0 spiro atoms. The number of aryl methyl sites for hydroxylation is 2. The Morgan fingerprint density at radius 1 is 1.35 bits per heavy atom. The van der Waals surface area contributed by atoms with E-state index in [2.05, 4.69) is 10.3 Å². The number of aromatic nitrogens is 2. The maximum atomic E-state index is 12.3. The average Bonchev–Trinajstić information content (AvgIpc) is 2.88. The highest BCUT2D eigenvalue weighted by atomic mass is 32.2. The minimum atomic E-state index is -3.51. The molecule has 0 aliphatic carbocycles. The van der Waals surface area contributed by atoms with Gasteiger partial charge in [-0.15, -0.1) is 0 Å². The highest BCUT2D eigenvalue weighted by molar-refractivity contribution is 7.89. The van der Waals surface area contributed by atoms with E-state index >= 15 is 0 Å². The molecule has 26 heavy (non-hydrogen) atoms. The number of imidazole rings is 1. The van der Waals surface area contributed by atoms with Gasteiger partial charge in [-0.2, -0.15) is 0 Å². The molecule has 0 bridgehead atoms. The van der Waals surface area contributed by atoms with Crippen molar-refractivity contribution in [2.75, 3.05) is 20.6 Å². The Morgan fingerprint density at radius 2 is 2.00 bits per heavy atom. The quantitative estimate of drug-likeness (QED) is 0.730. The molecule has 0 radical (unpaired) electrons. The van der Waals surface area contributed by atoms with Crippen LogP contribution in [0.3, 0.4) is 0 Å². The fourth-order valence-electron chi connectivity index (χ4n) is 2.54. The molecule has 9 heteroatoms. The lowest BCUT2D eigenvalue weighted by Crippen LogP contribution is -2.48. The molecule has 3 N–H and O–H groups in total. The number of nitrogens with two attached hydrogens (primary N) is 1. The topological polar surface area (TPSA) is 110 Å². The normalized spacial score (nSPS) is 12.7. The summed E-state index contributed by atoms with van der Waals surface area (Å²) in [6.07, 6.45) is 0.733. The molecule has 1 aromatic heterocycles. The number of hydrogen-bond acceptors (Lipinski definition) is 5. The molecule has 0 unspecified atom stereocenters. The van der Waals surface area contributed by atoms with Gasteiger partial charge < -0.3 is 15.6 Å². The van der Waals surface area contributed by atoms with Crippen LogP contribution in [0.1, 0.15) is 26.1 Å². The van der Waals surface area contributed by atoms with Crippen molar-refractivity contribution in [1.82, 2.24) is 19.2 Å². The van der Waals surface area contributed by atoms with Gasteiger partial charge in [0.15, 0.2) is 0 Å². The zero-order valence-corrected chi connectivity index (χ0v) is 16.7. The van der Waals surface area contributed by atoms with E-state index in [0.717, 1.165) is 11.3 Å². The van der Waals surface area contributed by atoms with Crippen LogP contribution in [-0.4, -0.2) is 54.4 Å². The lowest BCUT2D eigenvalue weighted by molar-refractivity contribution is -0.122. The number of amides is 1. The van der Waals surface area contributed by atoms with E-state index < -0.39 is 15.6 Å². The molecular formula is C17H27N5O3S. The van der Waals surface area contributed by atoms with Crippen molar-refractivity contribution in [3.8, 4) is 0 Å². The van der Waals surface area contributed by atoms with E-state index in [1.165, 1.54) is 18.4 Å². The van der Waals surface area contributed by atoms with Gasteiger partial charge in [0.1, 0.15) is 5.82 Å². The first-order valence-corrected chi connectivity index (χ1v) is 9.81. The van der Waals surface area contributed by atoms with E-state index in [-0.39, 0.29) is 17.2 Å². The monoisotopic (exact) mass is 381 g/mol. The average molecular weight is 382 g/mol. The van der Waals surface area contributed by atoms with Crippen molar-refractivity contribution in [3.63, 3.8) is 0 Å². The molecule has 2 rings (SSSR count). The van der Waals surface area contributed by atoms with Gasteiger partial charge in [-0.1, -0.05) is 0 Å². The van der Waals surface area contributed by atoms with Crippen LogP contribution in [0, 0.1) is 0 Å². The second-order valence-corrected chi connectivity index (χ2v) is 9.31. The summed E-state index contributed by atoms with van der Waals surface area (Å²) in [5.74, 6) is 0.628. The van der Waals surface area contributed by atoms with Crippen molar-refractivity contribution in [1.29, 1.82) is 0 Å². The number of nitrogens with one attached hydrogen (secondary N) is 1. The Morgan fingerprint density at radius 3 is 2.58 bits per heavy atom. The lowest BCUT2D eigenvalue weighted by atomic mass is 10.1. The van der Waals surface area contributed by atoms with Gasteiger partial charge in [-0.25, -0.2) is 17.7 Å². The van der Waals surface area contributed by atoms with Crippen molar-refractivity contribution >= 4 is 27.0 Å². The number of benzene rings is 1. The maximum absolute atomic E-state index is 12.3. The largest absolute Gasteiger partial charge is 0.350 e. The highest BCUT2D eigenvalue weighted by Gasteiger charge is 2.20. The van der Waals surface area contributed by atoms with Crippen LogP contribution < -0.4 is 11.1 Å². The van der Waals surface area contributed by atoms with E-state index in [1.54, 1.807) is 18.2 Å². The molecule has 0 aliphatic heterocycles. The summed E-state index contributed by atoms with van der Waals surface area (Å²) in [4.78, 5) is 16.8. The summed E-state index contributed by atoms with van der Waals surface area (Å²) in [7, 11) is 1.32. The van der Waals surface area contributed by atoms with Crippen LogP contribution in [0.15, 0.2) is 23.1 Å². The number of carbonyl (C=O) groups excluding carboxylic acids is 1. The van der Waals surface area contributed by atoms with Crippen molar-refractivity contribution in [3.05, 3.63) is 24.0 Å². The molecule has 1 aromatic carbocycles. The molecule has 1 amide bonds. The molecule has 0 saturated carbocycles.